The summed E-state index contributed by atoms with van der Waals surface area (Å²) in [7, 11) is 0. The van der Waals surface area contributed by atoms with Gasteiger partial charge in [0.15, 0.2) is 0 Å². The highest BCUT2D eigenvalue weighted by Crippen LogP contribution is 2.42. The summed E-state index contributed by atoms with van der Waals surface area (Å²) in [6.45, 7) is 0. The van der Waals surface area contributed by atoms with Gasteiger partial charge < -0.3 is 9.80 Å². The lowest BCUT2D eigenvalue weighted by atomic mass is 9.83. The van der Waals surface area contributed by atoms with Crippen molar-refractivity contribution in [2.75, 3.05) is 9.80 Å². The van der Waals surface area contributed by atoms with Gasteiger partial charge in [-0.25, -0.2) is 0 Å². The van der Waals surface area contributed by atoms with E-state index in [1.54, 1.807) is 0 Å². The number of fused-ring (bicyclic) bond motifs is 2. The molecule has 0 aromatic heterocycles. The average Bonchev–Trinajstić information content (AvgIpc) is 3.67. The molecule has 0 unspecified atom stereocenters. The highest BCUT2D eigenvalue weighted by Gasteiger charge is 2.20. The SMILES string of the molecule is c1ccc(N(c2ccc(-c3ccc(-c4cccc5ccccc45)cc3)cc2)c2ccc(-c3cccc(C4CCCCC4)c3)cc2)cc1.c1ccc(N(c2ccc(-c3cccc(C4CCCCC4)c3)cc2)c2ccc(-c3cccc4ccccc34)cc2)cc1. The van der Waals surface area contributed by atoms with Crippen LogP contribution >= 0.6 is 0 Å². The maximum absolute atomic E-state index is 2.42. The van der Waals surface area contributed by atoms with Crippen LogP contribution in [0.4, 0.5) is 34.1 Å². The highest BCUT2D eigenvalue weighted by atomic mass is 15.1. The first-order valence-electron chi connectivity index (χ1n) is 32.0. The van der Waals surface area contributed by atoms with Crippen molar-refractivity contribution in [3.05, 3.63) is 327 Å². The van der Waals surface area contributed by atoms with Gasteiger partial charge in [0.25, 0.3) is 0 Å². The molecule has 15 rings (SSSR count). The Balaban J connectivity index is 0.000000156. The van der Waals surface area contributed by atoms with Gasteiger partial charge in [-0.15, -0.1) is 0 Å². The van der Waals surface area contributed by atoms with E-state index in [0.29, 0.717) is 11.8 Å². The zero-order valence-electron chi connectivity index (χ0n) is 50.1. The van der Waals surface area contributed by atoms with Crippen LogP contribution in [0, 0.1) is 0 Å². The lowest BCUT2D eigenvalue weighted by Crippen LogP contribution is -2.09. The van der Waals surface area contributed by atoms with Crippen molar-refractivity contribution in [1.82, 2.24) is 0 Å². The maximum atomic E-state index is 2.42. The second-order valence-electron chi connectivity index (χ2n) is 24.1. The molecule has 0 heterocycles. The summed E-state index contributed by atoms with van der Waals surface area (Å²) in [6.07, 6.45) is 13.5. The quantitative estimate of drug-likeness (QED) is 0.114. The van der Waals surface area contributed by atoms with E-state index < -0.39 is 0 Å². The van der Waals surface area contributed by atoms with Crippen LogP contribution in [0.25, 0.3) is 77.2 Å². The van der Waals surface area contributed by atoms with Crippen molar-refractivity contribution >= 4 is 55.7 Å². The van der Waals surface area contributed by atoms with Gasteiger partial charge in [-0.05, 0) is 199 Å². The van der Waals surface area contributed by atoms with Crippen LogP contribution < -0.4 is 9.80 Å². The Labute approximate surface area is 520 Å². The summed E-state index contributed by atoms with van der Waals surface area (Å²) in [5.41, 5.74) is 22.5. The Kier molecular flexibility index (Phi) is 16.7. The summed E-state index contributed by atoms with van der Waals surface area (Å²) in [6, 6.07) is 115. The van der Waals surface area contributed by atoms with Crippen LogP contribution in [0.1, 0.15) is 87.2 Å². The largest absolute Gasteiger partial charge is 0.311 e. The average molecular weight is 1140 g/mol. The number of para-hydroxylation sites is 2. The van der Waals surface area contributed by atoms with Crippen molar-refractivity contribution in [3.63, 3.8) is 0 Å². The van der Waals surface area contributed by atoms with E-state index in [1.807, 2.05) is 0 Å². The fourth-order valence-electron chi connectivity index (χ4n) is 13.9. The normalized spacial score (nSPS) is 13.6. The molecule has 0 atom stereocenters. The van der Waals surface area contributed by atoms with E-state index in [-0.39, 0.29) is 0 Å². The molecule has 0 saturated heterocycles. The molecule has 2 heteroatoms. The van der Waals surface area contributed by atoms with Crippen molar-refractivity contribution in [2.24, 2.45) is 0 Å². The molecule has 2 fully saturated rings. The summed E-state index contributed by atoms with van der Waals surface area (Å²) < 4.78 is 0. The van der Waals surface area contributed by atoms with Crippen LogP contribution in [0.3, 0.4) is 0 Å². The number of anilines is 6. The molecule has 2 aliphatic rings. The number of rotatable bonds is 13. The van der Waals surface area contributed by atoms with Gasteiger partial charge in [0.1, 0.15) is 0 Å². The Morgan fingerprint density at radius 1 is 0.205 bits per heavy atom. The van der Waals surface area contributed by atoms with Crippen LogP contribution in [0.15, 0.2) is 315 Å². The fraction of sp³-hybridized carbons (Fsp3) is 0.140. The van der Waals surface area contributed by atoms with Crippen LogP contribution in [-0.4, -0.2) is 0 Å². The first-order valence-corrected chi connectivity index (χ1v) is 32.0. The van der Waals surface area contributed by atoms with Crippen LogP contribution in [-0.2, 0) is 0 Å². The Morgan fingerprint density at radius 3 is 0.875 bits per heavy atom. The molecule has 0 aliphatic heterocycles. The molecule has 0 amide bonds. The van der Waals surface area contributed by atoms with Crippen molar-refractivity contribution in [3.8, 4) is 55.6 Å². The molecular formula is C86H74N2. The molecule has 2 saturated carbocycles. The Hall–Kier alpha value is -10.0. The summed E-state index contributed by atoms with van der Waals surface area (Å²) >= 11 is 0. The standard InChI is InChI=1S/C46H39N.C40H35N/c1-3-11-34(12-4-1)40-15-9-16-41(33-40)37-27-31-44(32-28-37)47(42-17-5-2-6-18-42)43-29-25-36(26-30-43)35-21-23-39(24-22-35)46-20-10-14-38-13-7-8-19-45(38)46;1-3-11-30(12-4-1)34-15-9-16-35(29-34)31-21-25-37(26-22-31)41(36-17-5-2-6-18-36)38-27-23-33(24-28-38)40-20-10-14-32-13-7-8-19-39(32)40/h2,5-10,13-34H,1,3-4,11-12H2;2,5-10,13-30H,1,3-4,11-12H2. The summed E-state index contributed by atoms with van der Waals surface area (Å²) in [5, 5.41) is 5.11. The first-order chi connectivity index (χ1) is 43.6. The van der Waals surface area contributed by atoms with E-state index in [2.05, 4.69) is 325 Å². The Bertz CT molecular complexity index is 4390. The second-order valence-corrected chi connectivity index (χ2v) is 24.1. The minimum Gasteiger partial charge on any atom is -0.311 e. The fourth-order valence-corrected chi connectivity index (χ4v) is 13.9. The van der Waals surface area contributed by atoms with Crippen LogP contribution in [0.5, 0.6) is 0 Å². The maximum Gasteiger partial charge on any atom is 0.0462 e. The molecule has 0 N–H and O–H groups in total. The molecule has 0 radical (unpaired) electrons. The predicted octanol–water partition coefficient (Wildman–Crippen LogP) is 25.0. The number of hydrogen-bond donors (Lipinski definition) is 0. The van der Waals surface area contributed by atoms with Gasteiger partial charge in [-0.2, -0.15) is 0 Å². The van der Waals surface area contributed by atoms with E-state index >= 15 is 0 Å². The third kappa shape index (κ3) is 12.3. The van der Waals surface area contributed by atoms with Gasteiger partial charge in [-0.1, -0.05) is 281 Å². The zero-order valence-corrected chi connectivity index (χ0v) is 50.1. The first kappa shape index (κ1) is 55.8. The van der Waals surface area contributed by atoms with Gasteiger partial charge in [0.2, 0.25) is 0 Å². The van der Waals surface area contributed by atoms with Gasteiger partial charge in [-0.3, -0.25) is 0 Å². The molecule has 0 bridgehead atoms. The lowest BCUT2D eigenvalue weighted by molar-refractivity contribution is 0.444. The van der Waals surface area contributed by atoms with E-state index in [0.717, 1.165) is 34.1 Å². The third-order valence-corrected chi connectivity index (χ3v) is 18.5. The smallest absolute Gasteiger partial charge is 0.0462 e. The van der Waals surface area contributed by atoms with Crippen LogP contribution in [0.2, 0.25) is 0 Å². The van der Waals surface area contributed by atoms with Gasteiger partial charge >= 0.3 is 0 Å². The zero-order chi connectivity index (χ0) is 58.9. The predicted molar refractivity (Wildman–Crippen MR) is 376 cm³/mol. The monoisotopic (exact) mass is 1130 g/mol. The molecule has 13 aromatic rings. The summed E-state index contributed by atoms with van der Waals surface area (Å²) in [5.74, 6) is 1.43. The molecule has 2 nitrogen and oxygen atoms in total. The van der Waals surface area contributed by atoms with E-state index in [9.17, 15) is 0 Å². The molecule has 13 aromatic carbocycles. The molecular weight excluding hydrogens is 1060 g/mol. The molecule has 0 spiro atoms. The summed E-state index contributed by atoms with van der Waals surface area (Å²) in [4.78, 5) is 4.69. The third-order valence-electron chi connectivity index (χ3n) is 18.5. The minimum atomic E-state index is 0.710. The van der Waals surface area contributed by atoms with E-state index in [4.69, 9.17) is 0 Å². The number of hydrogen-bond acceptors (Lipinski definition) is 2. The van der Waals surface area contributed by atoms with Gasteiger partial charge in [0, 0.05) is 34.1 Å². The van der Waals surface area contributed by atoms with Crippen molar-refractivity contribution < 1.29 is 0 Å². The van der Waals surface area contributed by atoms with Crippen molar-refractivity contribution in [2.45, 2.75) is 76.0 Å². The lowest BCUT2D eigenvalue weighted by Gasteiger charge is -2.26. The second kappa shape index (κ2) is 26.3. The molecule has 88 heavy (non-hydrogen) atoms. The van der Waals surface area contributed by atoms with E-state index in [1.165, 1.54) is 153 Å². The number of nitrogens with zero attached hydrogens (tertiary/aromatic N) is 2. The minimum absolute atomic E-state index is 0.710. The Morgan fingerprint density at radius 2 is 0.489 bits per heavy atom. The highest BCUT2D eigenvalue weighted by molar-refractivity contribution is 5.98. The van der Waals surface area contributed by atoms with Crippen molar-refractivity contribution in [1.29, 1.82) is 0 Å². The van der Waals surface area contributed by atoms with Gasteiger partial charge in [0.05, 0.1) is 0 Å². The molecule has 428 valence electrons. The molecule has 2 aliphatic carbocycles. The number of benzene rings is 13. The topological polar surface area (TPSA) is 6.48 Å².